The summed E-state index contributed by atoms with van der Waals surface area (Å²) >= 11 is 0. The molecular weight excluding hydrogens is 250 g/mol. The topological polar surface area (TPSA) is 56.7 Å². The predicted molar refractivity (Wildman–Crippen MR) is 85.1 cm³/mol. The lowest BCUT2D eigenvalue weighted by molar-refractivity contribution is 0.241. The van der Waals surface area contributed by atoms with Gasteiger partial charge in [-0.25, -0.2) is 0 Å². The van der Waals surface area contributed by atoms with Crippen molar-refractivity contribution >= 4 is 5.96 Å². The van der Waals surface area contributed by atoms with Gasteiger partial charge in [-0.05, 0) is 24.3 Å². The van der Waals surface area contributed by atoms with Gasteiger partial charge in [-0.1, -0.05) is 44.2 Å². The van der Waals surface area contributed by atoms with Crippen LogP contribution in [0.25, 0.3) is 0 Å². The first-order valence-electron chi connectivity index (χ1n) is 7.35. The van der Waals surface area contributed by atoms with E-state index in [0.717, 1.165) is 19.0 Å². The van der Waals surface area contributed by atoms with Crippen molar-refractivity contribution < 1.29 is 5.11 Å². The molecule has 2 atom stereocenters. The number of aliphatic imine (C=N–C) groups is 1. The monoisotopic (exact) mass is 277 g/mol. The lowest BCUT2D eigenvalue weighted by Gasteiger charge is -2.16. The molecule has 1 aromatic rings. The van der Waals surface area contributed by atoms with Crippen LogP contribution in [-0.2, 0) is 0 Å². The minimum Gasteiger partial charge on any atom is -0.396 e. The zero-order valence-corrected chi connectivity index (χ0v) is 12.8. The molecule has 1 aromatic carbocycles. The number of aliphatic hydroxyl groups is 1. The van der Waals surface area contributed by atoms with Crippen LogP contribution in [0.4, 0.5) is 0 Å². The van der Waals surface area contributed by atoms with Gasteiger partial charge in [0.15, 0.2) is 5.96 Å². The number of hydrogen-bond acceptors (Lipinski definition) is 2. The Balaban J connectivity index is 2.50. The highest BCUT2D eigenvalue weighted by Gasteiger charge is 2.06. The van der Waals surface area contributed by atoms with Gasteiger partial charge in [0.2, 0.25) is 0 Å². The molecule has 0 fully saturated rings. The van der Waals surface area contributed by atoms with Gasteiger partial charge in [0.1, 0.15) is 0 Å². The summed E-state index contributed by atoms with van der Waals surface area (Å²) in [7, 11) is 0. The number of hydrogen-bond donors (Lipinski definition) is 3. The van der Waals surface area contributed by atoms with Crippen molar-refractivity contribution in [1.82, 2.24) is 10.6 Å². The molecule has 0 saturated heterocycles. The van der Waals surface area contributed by atoms with E-state index in [2.05, 4.69) is 46.8 Å². The third-order valence-electron chi connectivity index (χ3n) is 3.16. The van der Waals surface area contributed by atoms with Crippen molar-refractivity contribution in [2.45, 2.75) is 26.7 Å². The summed E-state index contributed by atoms with van der Waals surface area (Å²) in [5.74, 6) is 1.43. The Morgan fingerprint density at radius 3 is 2.50 bits per heavy atom. The van der Waals surface area contributed by atoms with Crippen molar-refractivity contribution in [3.05, 3.63) is 35.9 Å². The molecule has 0 spiro atoms. The first-order valence-corrected chi connectivity index (χ1v) is 7.35. The third kappa shape index (κ3) is 6.06. The van der Waals surface area contributed by atoms with Crippen LogP contribution in [0.3, 0.4) is 0 Å². The number of nitrogens with one attached hydrogen (secondary N) is 2. The van der Waals surface area contributed by atoms with Crippen LogP contribution in [0.1, 0.15) is 32.3 Å². The zero-order valence-electron chi connectivity index (χ0n) is 12.8. The van der Waals surface area contributed by atoms with Gasteiger partial charge >= 0.3 is 0 Å². The summed E-state index contributed by atoms with van der Waals surface area (Å²) in [4.78, 5) is 4.48. The van der Waals surface area contributed by atoms with E-state index in [0.29, 0.717) is 12.5 Å². The van der Waals surface area contributed by atoms with E-state index < -0.39 is 0 Å². The Morgan fingerprint density at radius 1 is 1.20 bits per heavy atom. The number of nitrogens with zero attached hydrogens (tertiary/aromatic N) is 1. The summed E-state index contributed by atoms with van der Waals surface area (Å²) in [5, 5.41) is 15.6. The maximum atomic E-state index is 9.03. The van der Waals surface area contributed by atoms with Crippen molar-refractivity contribution in [2.24, 2.45) is 10.9 Å². The van der Waals surface area contributed by atoms with Gasteiger partial charge in [-0.3, -0.25) is 4.99 Å². The maximum Gasteiger partial charge on any atom is 0.191 e. The van der Waals surface area contributed by atoms with E-state index in [9.17, 15) is 0 Å². The molecule has 0 aliphatic carbocycles. The second kappa shape index (κ2) is 9.37. The van der Waals surface area contributed by atoms with E-state index in [4.69, 9.17) is 5.11 Å². The van der Waals surface area contributed by atoms with Crippen LogP contribution in [0.15, 0.2) is 35.3 Å². The van der Waals surface area contributed by atoms with Crippen LogP contribution < -0.4 is 10.6 Å². The van der Waals surface area contributed by atoms with Gasteiger partial charge in [0.05, 0.1) is 0 Å². The lowest BCUT2D eigenvalue weighted by Crippen LogP contribution is -2.39. The average molecular weight is 277 g/mol. The predicted octanol–water partition coefficient (Wildman–Crippen LogP) is 1.97. The summed E-state index contributed by atoms with van der Waals surface area (Å²) < 4.78 is 0. The minimum absolute atomic E-state index is 0.170. The molecule has 0 heterocycles. The molecule has 4 heteroatoms. The van der Waals surface area contributed by atoms with E-state index in [1.54, 1.807) is 0 Å². The normalized spacial score (nSPS) is 14.7. The van der Waals surface area contributed by atoms with Gasteiger partial charge in [-0.2, -0.15) is 0 Å². The van der Waals surface area contributed by atoms with E-state index >= 15 is 0 Å². The van der Waals surface area contributed by atoms with E-state index in [-0.39, 0.29) is 12.5 Å². The van der Waals surface area contributed by atoms with Gasteiger partial charge in [-0.15, -0.1) is 0 Å². The molecule has 0 amide bonds. The van der Waals surface area contributed by atoms with Crippen molar-refractivity contribution in [2.75, 3.05) is 26.2 Å². The molecule has 1 rings (SSSR count). The SMILES string of the molecule is CCNC(=NCC(C)CO)NCC(C)c1ccccc1. The molecule has 0 aliphatic rings. The fraction of sp³-hybridized carbons (Fsp3) is 0.562. The second-order valence-electron chi connectivity index (χ2n) is 5.20. The number of benzene rings is 1. The minimum atomic E-state index is 0.170. The van der Waals surface area contributed by atoms with Crippen LogP contribution in [0.5, 0.6) is 0 Å². The highest BCUT2D eigenvalue weighted by Crippen LogP contribution is 2.12. The lowest BCUT2D eigenvalue weighted by atomic mass is 10.0. The first kappa shape index (κ1) is 16.5. The Kier molecular flexibility index (Phi) is 7.73. The molecule has 0 radical (unpaired) electrons. The number of guanidine groups is 1. The number of aliphatic hydroxyl groups excluding tert-OH is 1. The molecule has 4 nitrogen and oxygen atoms in total. The Bertz CT molecular complexity index is 392. The molecule has 112 valence electrons. The fourth-order valence-electron chi connectivity index (χ4n) is 1.80. The first-order chi connectivity index (χ1) is 9.67. The standard InChI is InChI=1S/C16H27N3O/c1-4-17-16(18-10-13(2)12-20)19-11-14(3)15-8-6-5-7-9-15/h5-9,13-14,20H,4,10-12H2,1-3H3,(H2,17,18,19). The van der Waals surface area contributed by atoms with Crippen LogP contribution in [0, 0.1) is 5.92 Å². The quantitative estimate of drug-likeness (QED) is 0.527. The van der Waals surface area contributed by atoms with Crippen LogP contribution >= 0.6 is 0 Å². The summed E-state index contributed by atoms with van der Waals surface area (Å²) in [6.07, 6.45) is 0. The summed E-state index contributed by atoms with van der Waals surface area (Å²) in [6.45, 7) is 8.70. The van der Waals surface area contributed by atoms with Crippen molar-refractivity contribution in [3.8, 4) is 0 Å². The van der Waals surface area contributed by atoms with Gasteiger partial charge < -0.3 is 15.7 Å². The molecule has 0 saturated carbocycles. The number of rotatable bonds is 7. The molecule has 0 bridgehead atoms. The largest absolute Gasteiger partial charge is 0.396 e. The summed E-state index contributed by atoms with van der Waals surface area (Å²) in [5.41, 5.74) is 1.32. The highest BCUT2D eigenvalue weighted by molar-refractivity contribution is 5.79. The Morgan fingerprint density at radius 2 is 1.90 bits per heavy atom. The smallest absolute Gasteiger partial charge is 0.191 e. The average Bonchev–Trinajstić information content (AvgIpc) is 2.50. The zero-order chi connectivity index (χ0) is 14.8. The molecular formula is C16H27N3O. The molecule has 0 aliphatic heterocycles. The molecule has 20 heavy (non-hydrogen) atoms. The third-order valence-corrected chi connectivity index (χ3v) is 3.16. The fourth-order valence-corrected chi connectivity index (χ4v) is 1.80. The highest BCUT2D eigenvalue weighted by atomic mass is 16.3. The van der Waals surface area contributed by atoms with E-state index in [1.165, 1.54) is 5.56 Å². The van der Waals surface area contributed by atoms with Crippen molar-refractivity contribution in [1.29, 1.82) is 0 Å². The van der Waals surface area contributed by atoms with Crippen LogP contribution in [-0.4, -0.2) is 37.3 Å². The molecule has 0 aromatic heterocycles. The van der Waals surface area contributed by atoms with E-state index in [1.807, 2.05) is 19.9 Å². The second-order valence-corrected chi connectivity index (χ2v) is 5.20. The van der Waals surface area contributed by atoms with Gasteiger partial charge in [0.25, 0.3) is 0 Å². The maximum absolute atomic E-state index is 9.03. The summed E-state index contributed by atoms with van der Waals surface area (Å²) in [6, 6.07) is 10.4. The van der Waals surface area contributed by atoms with Crippen LogP contribution in [0.2, 0.25) is 0 Å². The Labute approximate surface area is 122 Å². The molecule has 2 unspecified atom stereocenters. The van der Waals surface area contributed by atoms with Crippen molar-refractivity contribution in [3.63, 3.8) is 0 Å². The van der Waals surface area contributed by atoms with Gasteiger partial charge in [0, 0.05) is 26.2 Å². The molecule has 3 N–H and O–H groups in total. The Hall–Kier alpha value is -1.55.